The van der Waals surface area contributed by atoms with Gasteiger partial charge in [-0.15, -0.1) is 0 Å². The van der Waals surface area contributed by atoms with E-state index in [4.69, 9.17) is 5.26 Å². The van der Waals surface area contributed by atoms with Crippen molar-refractivity contribution >= 4 is 10.0 Å². The molecule has 0 spiro atoms. The maximum absolute atomic E-state index is 12.0. The zero-order valence-electron chi connectivity index (χ0n) is 10.2. The number of piperidine rings is 1. The minimum Gasteiger partial charge on any atom is -0.297 e. The van der Waals surface area contributed by atoms with E-state index in [-0.39, 0.29) is 6.04 Å². The molecule has 2 atom stereocenters. The van der Waals surface area contributed by atoms with E-state index in [2.05, 4.69) is 4.90 Å². The second-order valence-corrected chi connectivity index (χ2v) is 6.90. The van der Waals surface area contributed by atoms with Crippen molar-refractivity contribution in [3.63, 3.8) is 0 Å². The Bertz CT molecular complexity index is 415. The highest BCUT2D eigenvalue weighted by atomic mass is 32.2. The molecular formula is C11H19N3O2S. The second-order valence-electron chi connectivity index (χ2n) is 4.98. The minimum absolute atomic E-state index is 0.0114. The highest BCUT2D eigenvalue weighted by Crippen LogP contribution is 2.25. The molecule has 0 aromatic carbocycles. The highest BCUT2D eigenvalue weighted by molar-refractivity contribution is 7.89. The molecule has 17 heavy (non-hydrogen) atoms. The molecule has 0 N–H and O–H groups in total. The maximum Gasteiger partial charge on any atom is 0.227 e. The van der Waals surface area contributed by atoms with Crippen LogP contribution in [-0.2, 0) is 10.0 Å². The number of piperazine rings is 1. The first-order valence-corrected chi connectivity index (χ1v) is 7.76. The van der Waals surface area contributed by atoms with Gasteiger partial charge in [0.15, 0.2) is 5.75 Å². The highest BCUT2D eigenvalue weighted by Gasteiger charge is 2.38. The lowest BCUT2D eigenvalue weighted by molar-refractivity contribution is 0.0566. The van der Waals surface area contributed by atoms with Crippen molar-refractivity contribution in [2.24, 2.45) is 0 Å². The SMILES string of the molecule is CC1CN2CCCCC2CN1S(=O)(=O)CC#N. The molecule has 0 saturated carbocycles. The topological polar surface area (TPSA) is 64.4 Å². The van der Waals surface area contributed by atoms with Gasteiger partial charge in [0.2, 0.25) is 10.0 Å². The third-order valence-corrected chi connectivity index (χ3v) is 5.45. The summed E-state index contributed by atoms with van der Waals surface area (Å²) < 4.78 is 25.4. The molecule has 5 nitrogen and oxygen atoms in total. The molecule has 2 saturated heterocycles. The fourth-order valence-electron chi connectivity index (χ4n) is 2.88. The van der Waals surface area contributed by atoms with Gasteiger partial charge in [-0.25, -0.2) is 8.42 Å². The van der Waals surface area contributed by atoms with Crippen molar-refractivity contribution < 1.29 is 8.42 Å². The van der Waals surface area contributed by atoms with Crippen LogP contribution in [0.3, 0.4) is 0 Å². The third kappa shape index (κ3) is 2.62. The number of hydrogen-bond acceptors (Lipinski definition) is 4. The van der Waals surface area contributed by atoms with E-state index in [9.17, 15) is 8.42 Å². The Morgan fingerprint density at radius 3 is 2.82 bits per heavy atom. The van der Waals surface area contributed by atoms with Crippen molar-refractivity contribution in [2.75, 3.05) is 25.4 Å². The minimum atomic E-state index is -3.39. The number of nitrogens with zero attached hydrogens (tertiary/aromatic N) is 3. The van der Waals surface area contributed by atoms with Gasteiger partial charge < -0.3 is 0 Å². The van der Waals surface area contributed by atoms with Gasteiger partial charge in [-0.3, -0.25) is 4.90 Å². The maximum atomic E-state index is 12.0. The summed E-state index contributed by atoms with van der Waals surface area (Å²) in [5.74, 6) is -0.399. The van der Waals surface area contributed by atoms with Crippen LogP contribution >= 0.6 is 0 Å². The summed E-state index contributed by atoms with van der Waals surface area (Å²) >= 11 is 0. The van der Waals surface area contributed by atoms with Crippen LogP contribution in [0, 0.1) is 11.3 Å². The van der Waals surface area contributed by atoms with Crippen LogP contribution in [0.25, 0.3) is 0 Å². The number of hydrogen-bond donors (Lipinski definition) is 0. The van der Waals surface area contributed by atoms with Crippen molar-refractivity contribution in [1.82, 2.24) is 9.21 Å². The van der Waals surface area contributed by atoms with Crippen LogP contribution in [0.2, 0.25) is 0 Å². The zero-order chi connectivity index (χ0) is 12.5. The second kappa shape index (κ2) is 4.92. The van der Waals surface area contributed by atoms with E-state index in [0.29, 0.717) is 12.6 Å². The Morgan fingerprint density at radius 1 is 1.35 bits per heavy atom. The number of rotatable bonds is 2. The molecule has 0 radical (unpaired) electrons. The van der Waals surface area contributed by atoms with Crippen molar-refractivity contribution in [2.45, 2.75) is 38.3 Å². The summed E-state index contributed by atoms with van der Waals surface area (Å²) in [5.41, 5.74) is 0. The number of nitriles is 1. The average Bonchev–Trinajstić information content (AvgIpc) is 2.27. The van der Waals surface area contributed by atoms with E-state index in [0.717, 1.165) is 19.5 Å². The lowest BCUT2D eigenvalue weighted by Gasteiger charge is -2.46. The molecule has 2 fully saturated rings. The van der Waals surface area contributed by atoms with Gasteiger partial charge >= 0.3 is 0 Å². The molecule has 0 bridgehead atoms. The molecule has 2 aliphatic heterocycles. The average molecular weight is 257 g/mol. The van der Waals surface area contributed by atoms with Gasteiger partial charge in [-0.1, -0.05) is 6.42 Å². The standard InChI is InChI=1S/C11H19N3O2S/c1-10-8-13-6-3-2-4-11(13)9-14(10)17(15,16)7-5-12/h10-11H,2-4,6-9H2,1H3. The van der Waals surface area contributed by atoms with Gasteiger partial charge in [0, 0.05) is 25.2 Å². The summed E-state index contributed by atoms with van der Waals surface area (Å²) in [7, 11) is -3.39. The van der Waals surface area contributed by atoms with Gasteiger partial charge in [0.05, 0.1) is 6.07 Å². The van der Waals surface area contributed by atoms with Gasteiger partial charge in [-0.2, -0.15) is 9.57 Å². The van der Waals surface area contributed by atoms with Crippen LogP contribution in [0.15, 0.2) is 0 Å². The fraction of sp³-hybridized carbons (Fsp3) is 0.909. The zero-order valence-corrected chi connectivity index (χ0v) is 11.0. The van der Waals surface area contributed by atoms with E-state index in [1.807, 2.05) is 6.92 Å². The summed E-state index contributed by atoms with van der Waals surface area (Å²) in [6.07, 6.45) is 3.47. The molecule has 2 aliphatic rings. The number of fused-ring (bicyclic) bond motifs is 1. The van der Waals surface area contributed by atoms with E-state index in [1.165, 1.54) is 17.1 Å². The summed E-state index contributed by atoms with van der Waals surface area (Å²) in [4.78, 5) is 2.40. The predicted octanol–water partition coefficient (Wildman–Crippen LogP) is 0.398. The van der Waals surface area contributed by atoms with Crippen molar-refractivity contribution in [3.05, 3.63) is 0 Å². The Balaban J connectivity index is 2.12. The van der Waals surface area contributed by atoms with Crippen LogP contribution in [-0.4, -0.2) is 55.1 Å². The molecule has 0 aliphatic carbocycles. The van der Waals surface area contributed by atoms with Crippen LogP contribution in [0.4, 0.5) is 0 Å². The molecule has 2 heterocycles. The Kier molecular flexibility index (Phi) is 3.71. The Labute approximate surface area is 103 Å². The van der Waals surface area contributed by atoms with E-state index in [1.54, 1.807) is 6.07 Å². The van der Waals surface area contributed by atoms with Gasteiger partial charge in [-0.05, 0) is 26.3 Å². The molecule has 0 aromatic rings. The summed E-state index contributed by atoms with van der Waals surface area (Å²) in [5, 5.41) is 8.58. The first-order valence-electron chi connectivity index (χ1n) is 6.15. The molecule has 2 unspecified atom stereocenters. The van der Waals surface area contributed by atoms with Gasteiger partial charge in [0.1, 0.15) is 0 Å². The molecule has 0 amide bonds. The Morgan fingerprint density at radius 2 is 2.12 bits per heavy atom. The lowest BCUT2D eigenvalue weighted by Crippen LogP contribution is -2.60. The van der Waals surface area contributed by atoms with Crippen molar-refractivity contribution in [3.8, 4) is 6.07 Å². The van der Waals surface area contributed by atoms with Crippen LogP contribution in [0.5, 0.6) is 0 Å². The predicted molar refractivity (Wildman–Crippen MR) is 64.8 cm³/mol. The van der Waals surface area contributed by atoms with Crippen molar-refractivity contribution in [1.29, 1.82) is 5.26 Å². The normalized spacial score (nSPS) is 31.8. The van der Waals surface area contributed by atoms with Gasteiger partial charge in [0.25, 0.3) is 0 Å². The first-order chi connectivity index (χ1) is 8.04. The monoisotopic (exact) mass is 257 g/mol. The largest absolute Gasteiger partial charge is 0.297 e. The smallest absolute Gasteiger partial charge is 0.227 e. The summed E-state index contributed by atoms with van der Waals surface area (Å²) in [6, 6.07) is 2.10. The molecule has 96 valence electrons. The first kappa shape index (κ1) is 12.8. The summed E-state index contributed by atoms with van der Waals surface area (Å²) in [6.45, 7) is 4.38. The van der Waals surface area contributed by atoms with E-state index >= 15 is 0 Å². The quantitative estimate of drug-likeness (QED) is 0.718. The van der Waals surface area contributed by atoms with E-state index < -0.39 is 15.8 Å². The molecule has 2 rings (SSSR count). The molecule has 0 aromatic heterocycles. The fourth-order valence-corrected chi connectivity index (χ4v) is 4.22. The molecular weight excluding hydrogens is 238 g/mol. The third-order valence-electron chi connectivity index (χ3n) is 3.73. The van der Waals surface area contributed by atoms with Crippen LogP contribution < -0.4 is 0 Å². The Hall–Kier alpha value is -0.640. The number of sulfonamides is 1. The van der Waals surface area contributed by atoms with Crippen LogP contribution in [0.1, 0.15) is 26.2 Å². The molecule has 6 heteroatoms. The lowest BCUT2D eigenvalue weighted by atomic mass is 9.99.